The van der Waals surface area contributed by atoms with Gasteiger partial charge in [0.25, 0.3) is 0 Å². The second-order valence-corrected chi connectivity index (χ2v) is 4.67. The number of nitrogens with zero attached hydrogens (tertiary/aromatic N) is 2. The van der Waals surface area contributed by atoms with Crippen molar-refractivity contribution in [2.45, 2.75) is 45.2 Å². The zero-order valence-corrected chi connectivity index (χ0v) is 9.98. The van der Waals surface area contributed by atoms with Crippen LogP contribution < -0.4 is 4.90 Å². The molecule has 2 nitrogen and oxygen atoms in total. The molecule has 0 radical (unpaired) electrons. The molecule has 1 fully saturated rings. The van der Waals surface area contributed by atoms with Crippen LogP contribution in [0, 0.1) is 11.3 Å². The van der Waals surface area contributed by atoms with E-state index in [0.717, 1.165) is 11.3 Å². The van der Waals surface area contributed by atoms with E-state index in [1.165, 1.54) is 19.3 Å². The van der Waals surface area contributed by atoms with Gasteiger partial charge in [0.1, 0.15) is 6.07 Å². The van der Waals surface area contributed by atoms with Gasteiger partial charge in [-0.2, -0.15) is 5.26 Å². The van der Waals surface area contributed by atoms with Crippen LogP contribution in [0.25, 0.3) is 0 Å². The molecule has 1 aliphatic rings. The van der Waals surface area contributed by atoms with Crippen LogP contribution in [-0.4, -0.2) is 12.1 Å². The largest absolute Gasteiger partial charge is 0.365 e. The SMILES string of the molecule is CC1CCCC(C)N1c1ccccc1C#N. The quantitative estimate of drug-likeness (QED) is 0.717. The number of rotatable bonds is 1. The molecule has 0 bridgehead atoms. The van der Waals surface area contributed by atoms with E-state index < -0.39 is 0 Å². The summed E-state index contributed by atoms with van der Waals surface area (Å²) in [6.07, 6.45) is 3.75. The van der Waals surface area contributed by atoms with Crippen molar-refractivity contribution in [1.82, 2.24) is 0 Å². The predicted molar refractivity (Wildman–Crippen MR) is 66.4 cm³/mol. The van der Waals surface area contributed by atoms with Crippen molar-refractivity contribution in [3.05, 3.63) is 29.8 Å². The van der Waals surface area contributed by atoms with E-state index in [1.54, 1.807) is 0 Å². The summed E-state index contributed by atoms with van der Waals surface area (Å²) in [4.78, 5) is 2.40. The monoisotopic (exact) mass is 214 g/mol. The summed E-state index contributed by atoms with van der Waals surface area (Å²) in [5.74, 6) is 0. The van der Waals surface area contributed by atoms with Crippen molar-refractivity contribution in [3.63, 3.8) is 0 Å². The Bertz CT molecular complexity index is 395. The van der Waals surface area contributed by atoms with Crippen molar-refractivity contribution in [3.8, 4) is 6.07 Å². The van der Waals surface area contributed by atoms with E-state index in [2.05, 4.69) is 30.9 Å². The molecule has 2 unspecified atom stereocenters. The zero-order valence-electron chi connectivity index (χ0n) is 9.98. The number of piperidine rings is 1. The standard InChI is InChI=1S/C14H18N2/c1-11-6-5-7-12(2)16(11)14-9-4-3-8-13(14)10-15/h3-4,8-9,11-12H,5-7H2,1-2H3. The molecule has 1 aliphatic heterocycles. The molecule has 1 aromatic carbocycles. The summed E-state index contributed by atoms with van der Waals surface area (Å²) in [7, 11) is 0. The lowest BCUT2D eigenvalue weighted by atomic mass is 9.95. The van der Waals surface area contributed by atoms with E-state index >= 15 is 0 Å². The summed E-state index contributed by atoms with van der Waals surface area (Å²) in [6.45, 7) is 4.51. The Labute approximate surface area is 97.5 Å². The summed E-state index contributed by atoms with van der Waals surface area (Å²) in [6, 6.07) is 11.3. The first-order valence-electron chi connectivity index (χ1n) is 6.01. The fourth-order valence-corrected chi connectivity index (χ4v) is 2.69. The van der Waals surface area contributed by atoms with Crippen LogP contribution in [0.15, 0.2) is 24.3 Å². The normalized spacial score (nSPS) is 25.2. The molecule has 2 heteroatoms. The fraction of sp³-hybridized carbons (Fsp3) is 0.500. The van der Waals surface area contributed by atoms with E-state index in [4.69, 9.17) is 5.26 Å². The second kappa shape index (κ2) is 4.57. The van der Waals surface area contributed by atoms with Crippen LogP contribution in [0.2, 0.25) is 0 Å². The lowest BCUT2D eigenvalue weighted by Crippen LogP contribution is -2.44. The van der Waals surface area contributed by atoms with Crippen molar-refractivity contribution in [1.29, 1.82) is 5.26 Å². The minimum atomic E-state index is 0.540. The first-order valence-corrected chi connectivity index (χ1v) is 6.01. The highest BCUT2D eigenvalue weighted by Crippen LogP contribution is 2.31. The van der Waals surface area contributed by atoms with Gasteiger partial charge in [0.05, 0.1) is 11.3 Å². The highest BCUT2D eigenvalue weighted by Gasteiger charge is 2.26. The third-order valence-corrected chi connectivity index (χ3v) is 3.50. The van der Waals surface area contributed by atoms with Crippen molar-refractivity contribution in [2.75, 3.05) is 4.90 Å². The summed E-state index contributed by atoms with van der Waals surface area (Å²) >= 11 is 0. The first-order chi connectivity index (χ1) is 7.74. The van der Waals surface area contributed by atoms with Crippen LogP contribution in [-0.2, 0) is 0 Å². The highest BCUT2D eigenvalue weighted by atomic mass is 15.2. The molecule has 2 rings (SSSR count). The molecular formula is C14H18N2. The molecule has 1 aromatic rings. The van der Waals surface area contributed by atoms with Gasteiger partial charge in [-0.05, 0) is 45.2 Å². The Morgan fingerprint density at radius 1 is 1.19 bits per heavy atom. The number of anilines is 1. The van der Waals surface area contributed by atoms with Gasteiger partial charge in [0.2, 0.25) is 0 Å². The number of nitriles is 1. The third-order valence-electron chi connectivity index (χ3n) is 3.50. The van der Waals surface area contributed by atoms with Crippen LogP contribution >= 0.6 is 0 Å². The number of hydrogen-bond donors (Lipinski definition) is 0. The van der Waals surface area contributed by atoms with E-state index in [9.17, 15) is 0 Å². The topological polar surface area (TPSA) is 27.0 Å². The first kappa shape index (κ1) is 11.0. The predicted octanol–water partition coefficient (Wildman–Crippen LogP) is 3.33. The molecule has 0 aliphatic carbocycles. The maximum Gasteiger partial charge on any atom is 0.101 e. The van der Waals surface area contributed by atoms with Gasteiger partial charge in [-0.25, -0.2) is 0 Å². The Morgan fingerprint density at radius 3 is 2.44 bits per heavy atom. The minimum Gasteiger partial charge on any atom is -0.365 e. The molecule has 16 heavy (non-hydrogen) atoms. The molecule has 0 saturated carbocycles. The van der Waals surface area contributed by atoms with Gasteiger partial charge in [-0.3, -0.25) is 0 Å². The van der Waals surface area contributed by atoms with E-state index in [-0.39, 0.29) is 0 Å². The van der Waals surface area contributed by atoms with Gasteiger partial charge in [0, 0.05) is 12.1 Å². The lowest BCUT2D eigenvalue weighted by molar-refractivity contribution is 0.414. The van der Waals surface area contributed by atoms with Gasteiger partial charge in [0.15, 0.2) is 0 Å². The molecule has 0 aromatic heterocycles. The average Bonchev–Trinajstić information content (AvgIpc) is 2.29. The van der Waals surface area contributed by atoms with Gasteiger partial charge in [-0.1, -0.05) is 12.1 Å². The van der Waals surface area contributed by atoms with Crippen molar-refractivity contribution in [2.24, 2.45) is 0 Å². The average molecular weight is 214 g/mol. The Hall–Kier alpha value is -1.49. The smallest absolute Gasteiger partial charge is 0.101 e. The summed E-state index contributed by atoms with van der Waals surface area (Å²) in [5, 5.41) is 9.14. The molecule has 1 saturated heterocycles. The van der Waals surface area contributed by atoms with E-state index in [1.807, 2.05) is 18.2 Å². The van der Waals surface area contributed by atoms with Crippen LogP contribution in [0.3, 0.4) is 0 Å². The second-order valence-electron chi connectivity index (χ2n) is 4.67. The van der Waals surface area contributed by atoms with Gasteiger partial charge < -0.3 is 4.90 Å². The summed E-state index contributed by atoms with van der Waals surface area (Å²) in [5.41, 5.74) is 1.90. The lowest BCUT2D eigenvalue weighted by Gasteiger charge is -2.41. The maximum absolute atomic E-state index is 9.14. The van der Waals surface area contributed by atoms with Crippen LogP contribution in [0.5, 0.6) is 0 Å². The van der Waals surface area contributed by atoms with Crippen LogP contribution in [0.4, 0.5) is 5.69 Å². The Balaban J connectivity index is 2.38. The molecule has 1 heterocycles. The number of hydrogen-bond acceptors (Lipinski definition) is 2. The van der Waals surface area contributed by atoms with E-state index in [0.29, 0.717) is 12.1 Å². The molecule has 84 valence electrons. The minimum absolute atomic E-state index is 0.540. The van der Waals surface area contributed by atoms with Crippen molar-refractivity contribution < 1.29 is 0 Å². The zero-order chi connectivity index (χ0) is 11.5. The maximum atomic E-state index is 9.14. The number of para-hydroxylation sites is 1. The molecular weight excluding hydrogens is 196 g/mol. The van der Waals surface area contributed by atoms with Gasteiger partial charge in [-0.15, -0.1) is 0 Å². The molecule has 0 spiro atoms. The Morgan fingerprint density at radius 2 is 1.81 bits per heavy atom. The number of benzene rings is 1. The van der Waals surface area contributed by atoms with Crippen molar-refractivity contribution >= 4 is 5.69 Å². The van der Waals surface area contributed by atoms with Crippen LogP contribution in [0.1, 0.15) is 38.7 Å². The third kappa shape index (κ3) is 1.90. The molecule has 2 atom stereocenters. The Kier molecular flexibility index (Phi) is 3.14. The van der Waals surface area contributed by atoms with Gasteiger partial charge >= 0.3 is 0 Å². The molecule has 0 N–H and O–H groups in total. The summed E-state index contributed by atoms with van der Waals surface area (Å²) < 4.78 is 0. The fourth-order valence-electron chi connectivity index (χ4n) is 2.69. The highest BCUT2D eigenvalue weighted by molar-refractivity contribution is 5.60. The molecule has 0 amide bonds.